The Kier molecular flexibility index (Phi) is 3.87. The summed E-state index contributed by atoms with van der Waals surface area (Å²) < 4.78 is 26.9. The van der Waals surface area contributed by atoms with Crippen molar-refractivity contribution >= 4 is 11.6 Å². The molecule has 2 aromatic rings. The number of nitrogens with one attached hydrogen (secondary N) is 1. The van der Waals surface area contributed by atoms with Crippen LogP contribution in [0.25, 0.3) is 0 Å². The van der Waals surface area contributed by atoms with Gasteiger partial charge >= 0.3 is 0 Å². The van der Waals surface area contributed by atoms with Crippen LogP contribution in [0.1, 0.15) is 15.9 Å². The fourth-order valence-corrected chi connectivity index (χ4v) is 1.72. The maximum absolute atomic E-state index is 13.5. The third-order valence-electron chi connectivity index (χ3n) is 2.68. The van der Waals surface area contributed by atoms with Crippen molar-refractivity contribution in [1.82, 2.24) is 0 Å². The van der Waals surface area contributed by atoms with Gasteiger partial charge in [-0.05, 0) is 23.8 Å². The standard InChI is InChI=1S/C14H12F2N2O/c15-10-5-3-6-11(16)13(10)14(19)18-12-7-2-1-4-9(12)8-17/h1-7H,8,17H2,(H,18,19). The van der Waals surface area contributed by atoms with Crippen molar-refractivity contribution in [2.75, 3.05) is 5.32 Å². The molecule has 0 saturated carbocycles. The molecule has 0 unspecified atom stereocenters. The molecule has 0 aliphatic carbocycles. The zero-order valence-electron chi connectivity index (χ0n) is 9.99. The minimum absolute atomic E-state index is 0.218. The van der Waals surface area contributed by atoms with E-state index < -0.39 is 23.1 Å². The molecular weight excluding hydrogens is 250 g/mol. The van der Waals surface area contributed by atoms with Gasteiger partial charge in [0.2, 0.25) is 0 Å². The van der Waals surface area contributed by atoms with Crippen LogP contribution in [-0.4, -0.2) is 5.91 Å². The summed E-state index contributed by atoms with van der Waals surface area (Å²) in [6.07, 6.45) is 0. The highest BCUT2D eigenvalue weighted by molar-refractivity contribution is 6.05. The van der Waals surface area contributed by atoms with E-state index in [-0.39, 0.29) is 6.54 Å². The summed E-state index contributed by atoms with van der Waals surface area (Å²) in [5, 5.41) is 2.46. The quantitative estimate of drug-likeness (QED) is 0.893. The number of amides is 1. The fraction of sp³-hybridized carbons (Fsp3) is 0.0714. The van der Waals surface area contributed by atoms with Crippen molar-refractivity contribution in [2.24, 2.45) is 5.73 Å². The second-order valence-corrected chi connectivity index (χ2v) is 3.91. The fourth-order valence-electron chi connectivity index (χ4n) is 1.72. The lowest BCUT2D eigenvalue weighted by Gasteiger charge is -2.10. The molecule has 2 rings (SSSR count). The van der Waals surface area contributed by atoms with E-state index in [2.05, 4.69) is 5.32 Å². The molecule has 0 saturated heterocycles. The maximum atomic E-state index is 13.5. The molecule has 3 N–H and O–H groups in total. The van der Waals surface area contributed by atoms with Gasteiger partial charge in [-0.2, -0.15) is 0 Å². The Hall–Kier alpha value is -2.27. The molecule has 0 aliphatic rings. The van der Waals surface area contributed by atoms with Crippen LogP contribution >= 0.6 is 0 Å². The van der Waals surface area contributed by atoms with Crippen molar-refractivity contribution in [1.29, 1.82) is 0 Å². The summed E-state index contributed by atoms with van der Waals surface area (Å²) >= 11 is 0. The van der Waals surface area contributed by atoms with E-state index in [1.807, 2.05) is 0 Å². The molecule has 2 aromatic carbocycles. The van der Waals surface area contributed by atoms with Crippen LogP contribution in [0.15, 0.2) is 42.5 Å². The number of hydrogen-bond donors (Lipinski definition) is 2. The van der Waals surface area contributed by atoms with E-state index in [1.54, 1.807) is 24.3 Å². The molecule has 3 nitrogen and oxygen atoms in total. The molecule has 98 valence electrons. The molecule has 0 fully saturated rings. The van der Waals surface area contributed by atoms with Crippen molar-refractivity contribution in [2.45, 2.75) is 6.54 Å². The second-order valence-electron chi connectivity index (χ2n) is 3.91. The summed E-state index contributed by atoms with van der Waals surface area (Å²) in [6.45, 7) is 0.218. The Morgan fingerprint density at radius 3 is 2.32 bits per heavy atom. The number of carbonyl (C=O) groups is 1. The average molecular weight is 262 g/mol. The molecule has 0 atom stereocenters. The number of anilines is 1. The zero-order valence-corrected chi connectivity index (χ0v) is 9.99. The van der Waals surface area contributed by atoms with Crippen LogP contribution in [0, 0.1) is 11.6 Å². The molecule has 0 aliphatic heterocycles. The highest BCUT2D eigenvalue weighted by atomic mass is 19.1. The molecule has 0 spiro atoms. The first-order valence-corrected chi connectivity index (χ1v) is 5.67. The Morgan fingerprint density at radius 1 is 1.05 bits per heavy atom. The number of carbonyl (C=O) groups excluding carboxylic acids is 1. The lowest BCUT2D eigenvalue weighted by Crippen LogP contribution is -2.17. The molecule has 0 radical (unpaired) electrons. The van der Waals surface area contributed by atoms with Gasteiger partial charge in [-0.3, -0.25) is 4.79 Å². The van der Waals surface area contributed by atoms with E-state index in [0.29, 0.717) is 11.3 Å². The second kappa shape index (κ2) is 5.58. The molecule has 5 heteroatoms. The van der Waals surface area contributed by atoms with Gasteiger partial charge in [-0.25, -0.2) is 8.78 Å². The van der Waals surface area contributed by atoms with Crippen molar-refractivity contribution in [3.8, 4) is 0 Å². The molecule has 0 bridgehead atoms. The monoisotopic (exact) mass is 262 g/mol. The number of benzene rings is 2. The molecule has 0 heterocycles. The minimum atomic E-state index is -0.900. The van der Waals surface area contributed by atoms with Gasteiger partial charge in [0.1, 0.15) is 17.2 Å². The summed E-state index contributed by atoms with van der Waals surface area (Å²) in [4.78, 5) is 11.9. The van der Waals surface area contributed by atoms with Crippen molar-refractivity contribution in [3.05, 3.63) is 65.2 Å². The smallest absolute Gasteiger partial charge is 0.261 e. The predicted molar refractivity (Wildman–Crippen MR) is 68.6 cm³/mol. The average Bonchev–Trinajstić information content (AvgIpc) is 2.39. The maximum Gasteiger partial charge on any atom is 0.261 e. The third-order valence-corrected chi connectivity index (χ3v) is 2.68. The Morgan fingerprint density at radius 2 is 1.68 bits per heavy atom. The van der Waals surface area contributed by atoms with E-state index >= 15 is 0 Å². The van der Waals surface area contributed by atoms with Gasteiger partial charge < -0.3 is 11.1 Å². The topological polar surface area (TPSA) is 55.1 Å². The van der Waals surface area contributed by atoms with Gasteiger partial charge in [-0.1, -0.05) is 24.3 Å². The van der Waals surface area contributed by atoms with Crippen LogP contribution < -0.4 is 11.1 Å². The first-order valence-electron chi connectivity index (χ1n) is 5.67. The zero-order chi connectivity index (χ0) is 13.8. The molecule has 0 aromatic heterocycles. The summed E-state index contributed by atoms with van der Waals surface area (Å²) in [5.41, 5.74) is 6.05. The van der Waals surface area contributed by atoms with Gasteiger partial charge in [0.05, 0.1) is 0 Å². The normalized spacial score (nSPS) is 10.3. The predicted octanol–water partition coefficient (Wildman–Crippen LogP) is 2.68. The SMILES string of the molecule is NCc1ccccc1NC(=O)c1c(F)cccc1F. The van der Waals surface area contributed by atoms with Gasteiger partial charge in [0.15, 0.2) is 0 Å². The van der Waals surface area contributed by atoms with Crippen molar-refractivity contribution in [3.63, 3.8) is 0 Å². The largest absolute Gasteiger partial charge is 0.326 e. The number of hydrogen-bond acceptors (Lipinski definition) is 2. The summed E-state index contributed by atoms with van der Waals surface area (Å²) in [5.74, 6) is -2.64. The molecular formula is C14H12F2N2O. The highest BCUT2D eigenvalue weighted by Crippen LogP contribution is 2.18. The number of halogens is 2. The van der Waals surface area contributed by atoms with Gasteiger partial charge in [0, 0.05) is 12.2 Å². The van der Waals surface area contributed by atoms with E-state index in [4.69, 9.17) is 5.73 Å². The third kappa shape index (κ3) is 2.77. The van der Waals surface area contributed by atoms with E-state index in [0.717, 1.165) is 12.1 Å². The van der Waals surface area contributed by atoms with Gasteiger partial charge in [0.25, 0.3) is 5.91 Å². The Bertz CT molecular complexity index is 594. The summed E-state index contributed by atoms with van der Waals surface area (Å²) in [7, 11) is 0. The van der Waals surface area contributed by atoms with Crippen LogP contribution in [-0.2, 0) is 6.54 Å². The highest BCUT2D eigenvalue weighted by Gasteiger charge is 2.17. The van der Waals surface area contributed by atoms with Gasteiger partial charge in [-0.15, -0.1) is 0 Å². The van der Waals surface area contributed by atoms with E-state index in [1.165, 1.54) is 6.07 Å². The Labute approximate surface area is 109 Å². The number of para-hydroxylation sites is 1. The van der Waals surface area contributed by atoms with Crippen LogP contribution in [0.2, 0.25) is 0 Å². The van der Waals surface area contributed by atoms with E-state index in [9.17, 15) is 13.6 Å². The van der Waals surface area contributed by atoms with Crippen LogP contribution in [0.4, 0.5) is 14.5 Å². The molecule has 1 amide bonds. The lowest BCUT2D eigenvalue weighted by atomic mass is 10.1. The number of nitrogens with two attached hydrogens (primary N) is 1. The first kappa shape index (κ1) is 13.2. The first-order chi connectivity index (χ1) is 9.13. The summed E-state index contributed by atoms with van der Waals surface area (Å²) in [6, 6.07) is 10.1. The lowest BCUT2D eigenvalue weighted by molar-refractivity contribution is 0.101. The molecule has 19 heavy (non-hydrogen) atoms. The Balaban J connectivity index is 2.31. The minimum Gasteiger partial charge on any atom is -0.326 e. The van der Waals surface area contributed by atoms with Crippen LogP contribution in [0.5, 0.6) is 0 Å². The number of rotatable bonds is 3. The van der Waals surface area contributed by atoms with Crippen molar-refractivity contribution < 1.29 is 13.6 Å². The van der Waals surface area contributed by atoms with Crippen LogP contribution in [0.3, 0.4) is 0 Å².